The molecule has 0 unspecified atom stereocenters. The summed E-state index contributed by atoms with van der Waals surface area (Å²) in [6.45, 7) is 2.32. The third kappa shape index (κ3) is 1.22. The molecule has 2 atom stereocenters. The molecule has 0 heterocycles. The molecule has 1 aliphatic rings. The molecule has 1 rings (SSSR count). The van der Waals surface area contributed by atoms with E-state index < -0.39 is 0 Å². The van der Waals surface area contributed by atoms with Gasteiger partial charge in [0, 0.05) is 5.92 Å². The smallest absolute Gasteiger partial charge is 0.0869 e. The van der Waals surface area contributed by atoms with Gasteiger partial charge in [-0.25, -0.2) is 0 Å². The van der Waals surface area contributed by atoms with Gasteiger partial charge in [-0.05, 0) is 19.3 Å². The van der Waals surface area contributed by atoms with Gasteiger partial charge in [-0.15, -0.1) is 0 Å². The molecule has 48 valence electrons. The van der Waals surface area contributed by atoms with Gasteiger partial charge in [0.25, 0.3) is 0 Å². The standard InChI is InChI=1S/C7H15N/c1-6-4-2-3-5-7(6)8/h6-7H,2-5,8H2,1H3/p+1/t6-,7+/m1/s1. The Labute approximate surface area is 51.3 Å². The largest absolute Gasteiger partial charge is 0.355 e. The lowest BCUT2D eigenvalue weighted by molar-refractivity contribution is -0.436. The first-order valence-electron chi connectivity index (χ1n) is 3.64. The number of rotatable bonds is 0. The third-order valence-electron chi connectivity index (χ3n) is 2.29. The van der Waals surface area contributed by atoms with Crippen molar-refractivity contribution in [1.29, 1.82) is 0 Å². The Balaban J connectivity index is 2.28. The van der Waals surface area contributed by atoms with Crippen LogP contribution in [0.5, 0.6) is 0 Å². The molecule has 0 aromatic heterocycles. The molecule has 1 nitrogen and oxygen atoms in total. The molecular formula is C7H16N+. The summed E-state index contributed by atoms with van der Waals surface area (Å²) in [5.74, 6) is 0.892. The molecule has 0 amide bonds. The van der Waals surface area contributed by atoms with Crippen molar-refractivity contribution >= 4 is 0 Å². The van der Waals surface area contributed by atoms with Gasteiger partial charge < -0.3 is 5.73 Å². The topological polar surface area (TPSA) is 27.6 Å². The van der Waals surface area contributed by atoms with Gasteiger partial charge in [0.05, 0.1) is 6.04 Å². The van der Waals surface area contributed by atoms with E-state index in [-0.39, 0.29) is 0 Å². The average Bonchev–Trinajstić information content (AvgIpc) is 1.77. The second-order valence-corrected chi connectivity index (χ2v) is 3.02. The highest BCUT2D eigenvalue weighted by Gasteiger charge is 2.19. The molecular weight excluding hydrogens is 98.1 g/mol. The second kappa shape index (κ2) is 2.49. The first-order valence-corrected chi connectivity index (χ1v) is 3.64. The van der Waals surface area contributed by atoms with Gasteiger partial charge in [0.1, 0.15) is 0 Å². The summed E-state index contributed by atoms with van der Waals surface area (Å²) in [5.41, 5.74) is 4.08. The SMILES string of the molecule is C[C@@H]1CCCC[C@@H]1[NH3+]. The van der Waals surface area contributed by atoms with Crippen LogP contribution in [0.4, 0.5) is 0 Å². The Morgan fingerprint density at radius 2 is 1.88 bits per heavy atom. The molecule has 1 saturated carbocycles. The van der Waals surface area contributed by atoms with E-state index in [1.165, 1.54) is 25.7 Å². The van der Waals surface area contributed by atoms with Crippen molar-refractivity contribution in [3.8, 4) is 0 Å². The molecule has 0 bridgehead atoms. The van der Waals surface area contributed by atoms with Crippen LogP contribution in [0.3, 0.4) is 0 Å². The summed E-state index contributed by atoms with van der Waals surface area (Å²) in [6.07, 6.45) is 5.63. The minimum absolute atomic E-state index is 0.753. The van der Waals surface area contributed by atoms with Crippen LogP contribution in [0.1, 0.15) is 32.6 Å². The Morgan fingerprint density at radius 1 is 1.25 bits per heavy atom. The molecule has 1 heteroatoms. The zero-order valence-electron chi connectivity index (χ0n) is 5.69. The normalized spacial score (nSPS) is 39.8. The van der Waals surface area contributed by atoms with E-state index in [4.69, 9.17) is 0 Å². The summed E-state index contributed by atoms with van der Waals surface area (Å²) >= 11 is 0. The van der Waals surface area contributed by atoms with Crippen LogP contribution in [0, 0.1) is 5.92 Å². The Kier molecular flexibility index (Phi) is 1.90. The molecule has 1 aliphatic carbocycles. The van der Waals surface area contributed by atoms with Crippen LogP contribution in [0.2, 0.25) is 0 Å². The highest BCUT2D eigenvalue weighted by molar-refractivity contribution is 4.68. The number of hydrogen-bond donors (Lipinski definition) is 1. The van der Waals surface area contributed by atoms with Gasteiger partial charge in [-0.3, -0.25) is 0 Å². The van der Waals surface area contributed by atoms with Crippen molar-refractivity contribution < 1.29 is 5.73 Å². The van der Waals surface area contributed by atoms with E-state index in [1.54, 1.807) is 0 Å². The fraction of sp³-hybridized carbons (Fsp3) is 1.00. The molecule has 1 fully saturated rings. The van der Waals surface area contributed by atoms with Gasteiger partial charge in [0.2, 0.25) is 0 Å². The fourth-order valence-electron chi connectivity index (χ4n) is 1.39. The zero-order chi connectivity index (χ0) is 5.98. The minimum Gasteiger partial charge on any atom is -0.355 e. The maximum absolute atomic E-state index is 4.08. The number of hydrogen-bond acceptors (Lipinski definition) is 0. The lowest BCUT2D eigenvalue weighted by Gasteiger charge is -2.21. The summed E-state index contributed by atoms with van der Waals surface area (Å²) in [5, 5.41) is 0. The predicted molar refractivity (Wildman–Crippen MR) is 34.3 cm³/mol. The van der Waals surface area contributed by atoms with Crippen molar-refractivity contribution in [2.75, 3.05) is 0 Å². The highest BCUT2D eigenvalue weighted by Crippen LogP contribution is 2.20. The van der Waals surface area contributed by atoms with Crippen LogP contribution in [-0.2, 0) is 0 Å². The van der Waals surface area contributed by atoms with Crippen LogP contribution < -0.4 is 5.73 Å². The Hall–Kier alpha value is -0.0400. The van der Waals surface area contributed by atoms with Crippen molar-refractivity contribution in [3.63, 3.8) is 0 Å². The van der Waals surface area contributed by atoms with Gasteiger partial charge in [-0.2, -0.15) is 0 Å². The molecule has 0 saturated heterocycles. The van der Waals surface area contributed by atoms with E-state index in [1.807, 2.05) is 0 Å². The average molecular weight is 114 g/mol. The molecule has 3 N–H and O–H groups in total. The first kappa shape index (κ1) is 6.09. The summed E-state index contributed by atoms with van der Waals surface area (Å²) in [7, 11) is 0. The third-order valence-corrected chi connectivity index (χ3v) is 2.29. The van der Waals surface area contributed by atoms with Crippen molar-refractivity contribution in [2.45, 2.75) is 38.6 Å². The first-order chi connectivity index (χ1) is 3.80. The number of quaternary nitrogens is 1. The van der Waals surface area contributed by atoms with E-state index in [0.717, 1.165) is 12.0 Å². The highest BCUT2D eigenvalue weighted by atomic mass is 14.6. The van der Waals surface area contributed by atoms with Crippen LogP contribution in [0.25, 0.3) is 0 Å². The fourth-order valence-corrected chi connectivity index (χ4v) is 1.39. The van der Waals surface area contributed by atoms with E-state index >= 15 is 0 Å². The van der Waals surface area contributed by atoms with E-state index in [9.17, 15) is 0 Å². The van der Waals surface area contributed by atoms with Gasteiger partial charge in [0.15, 0.2) is 0 Å². The quantitative estimate of drug-likeness (QED) is 0.482. The van der Waals surface area contributed by atoms with Crippen LogP contribution >= 0.6 is 0 Å². The molecule has 8 heavy (non-hydrogen) atoms. The lowest BCUT2D eigenvalue weighted by atomic mass is 9.87. The van der Waals surface area contributed by atoms with Gasteiger partial charge in [-0.1, -0.05) is 13.3 Å². The van der Waals surface area contributed by atoms with Crippen molar-refractivity contribution in [3.05, 3.63) is 0 Å². The maximum Gasteiger partial charge on any atom is 0.0869 e. The molecule has 0 aromatic carbocycles. The van der Waals surface area contributed by atoms with Crippen LogP contribution in [0.15, 0.2) is 0 Å². The summed E-state index contributed by atoms with van der Waals surface area (Å²) in [6, 6.07) is 0.753. The minimum atomic E-state index is 0.753. The lowest BCUT2D eigenvalue weighted by Crippen LogP contribution is -2.64. The van der Waals surface area contributed by atoms with E-state index in [2.05, 4.69) is 12.7 Å². The second-order valence-electron chi connectivity index (χ2n) is 3.02. The van der Waals surface area contributed by atoms with Gasteiger partial charge >= 0.3 is 0 Å². The molecule has 0 aromatic rings. The maximum atomic E-state index is 4.08. The van der Waals surface area contributed by atoms with E-state index in [0.29, 0.717) is 0 Å². The Morgan fingerprint density at radius 3 is 2.25 bits per heavy atom. The van der Waals surface area contributed by atoms with Crippen LogP contribution in [-0.4, -0.2) is 6.04 Å². The Bertz CT molecular complexity index is 60.8. The monoisotopic (exact) mass is 114 g/mol. The molecule has 0 aliphatic heterocycles. The molecule has 0 radical (unpaired) electrons. The summed E-state index contributed by atoms with van der Waals surface area (Å²) < 4.78 is 0. The summed E-state index contributed by atoms with van der Waals surface area (Å²) in [4.78, 5) is 0. The van der Waals surface area contributed by atoms with Crippen molar-refractivity contribution in [2.24, 2.45) is 5.92 Å². The van der Waals surface area contributed by atoms with Crippen molar-refractivity contribution in [1.82, 2.24) is 0 Å². The molecule has 0 spiro atoms. The zero-order valence-corrected chi connectivity index (χ0v) is 5.69. The predicted octanol–water partition coefficient (Wildman–Crippen LogP) is 0.807.